The van der Waals surface area contributed by atoms with Crippen LogP contribution in [0.4, 0.5) is 0 Å². The maximum Gasteiger partial charge on any atom is 0.252 e. The van der Waals surface area contributed by atoms with Gasteiger partial charge >= 0.3 is 0 Å². The molecular formula is C15H26N2O2S2. The summed E-state index contributed by atoms with van der Waals surface area (Å²) in [5.74, 6) is 0. The molecule has 1 aromatic rings. The second-order valence-electron chi connectivity index (χ2n) is 5.87. The molecule has 0 aromatic carbocycles. The summed E-state index contributed by atoms with van der Waals surface area (Å²) >= 11 is 1.36. The highest BCUT2D eigenvalue weighted by molar-refractivity contribution is 7.91. The molecule has 1 aromatic heterocycles. The lowest BCUT2D eigenvalue weighted by Crippen LogP contribution is -2.42. The van der Waals surface area contributed by atoms with E-state index in [0.29, 0.717) is 29.3 Å². The topological polar surface area (TPSA) is 63.4 Å². The van der Waals surface area contributed by atoms with Crippen LogP contribution in [0.2, 0.25) is 0 Å². The number of rotatable bonds is 6. The quantitative estimate of drug-likeness (QED) is 0.872. The zero-order valence-corrected chi connectivity index (χ0v) is 14.6. The molecule has 0 saturated carbocycles. The minimum absolute atomic E-state index is 0.339. The van der Waals surface area contributed by atoms with Crippen LogP contribution in [-0.4, -0.2) is 32.4 Å². The van der Waals surface area contributed by atoms with E-state index >= 15 is 0 Å². The molecule has 21 heavy (non-hydrogen) atoms. The molecule has 1 aliphatic heterocycles. The Morgan fingerprint density at radius 2 is 1.86 bits per heavy atom. The molecule has 1 saturated heterocycles. The van der Waals surface area contributed by atoms with E-state index in [1.54, 1.807) is 10.4 Å². The third kappa shape index (κ3) is 3.50. The summed E-state index contributed by atoms with van der Waals surface area (Å²) < 4.78 is 27.5. The van der Waals surface area contributed by atoms with Gasteiger partial charge in [-0.15, -0.1) is 11.3 Å². The first-order chi connectivity index (χ1) is 9.97. The first-order valence-corrected chi connectivity index (χ1v) is 10.0. The maximum atomic E-state index is 12.7. The predicted molar refractivity (Wildman–Crippen MR) is 88.1 cm³/mol. The summed E-state index contributed by atoms with van der Waals surface area (Å²) in [6.45, 7) is 6.28. The minimum atomic E-state index is -3.32. The molecule has 0 spiro atoms. The number of thiophene rings is 1. The summed E-state index contributed by atoms with van der Waals surface area (Å²) in [7, 11) is -3.32. The van der Waals surface area contributed by atoms with Crippen LogP contribution in [0.25, 0.3) is 0 Å². The molecule has 2 N–H and O–H groups in total. The number of sulfonamides is 1. The van der Waals surface area contributed by atoms with Crippen LogP contribution in [0.3, 0.4) is 0 Å². The van der Waals surface area contributed by atoms with E-state index in [1.165, 1.54) is 11.3 Å². The van der Waals surface area contributed by atoms with Gasteiger partial charge in [-0.3, -0.25) is 0 Å². The van der Waals surface area contributed by atoms with E-state index in [-0.39, 0.29) is 0 Å². The first kappa shape index (κ1) is 16.9. The van der Waals surface area contributed by atoms with Gasteiger partial charge in [-0.25, -0.2) is 8.42 Å². The zero-order valence-electron chi connectivity index (χ0n) is 13.0. The third-order valence-electron chi connectivity index (χ3n) is 4.90. The second-order valence-corrected chi connectivity index (χ2v) is 9.20. The largest absolute Gasteiger partial charge is 0.330 e. The fourth-order valence-electron chi connectivity index (χ4n) is 3.06. The molecule has 0 radical (unpaired) electrons. The summed E-state index contributed by atoms with van der Waals surface area (Å²) in [6, 6.07) is 3.61. The number of nitrogens with two attached hydrogens (primary N) is 1. The van der Waals surface area contributed by atoms with Crippen molar-refractivity contribution in [2.24, 2.45) is 11.1 Å². The number of hydrogen-bond donors (Lipinski definition) is 1. The molecule has 2 heterocycles. The summed E-state index contributed by atoms with van der Waals surface area (Å²) in [5.41, 5.74) is 5.87. The van der Waals surface area contributed by atoms with Crippen molar-refractivity contribution in [2.45, 2.75) is 50.2 Å². The van der Waals surface area contributed by atoms with Crippen LogP contribution in [0.5, 0.6) is 0 Å². The van der Waals surface area contributed by atoms with Gasteiger partial charge in [0.2, 0.25) is 0 Å². The van der Waals surface area contributed by atoms with Crippen molar-refractivity contribution in [3.8, 4) is 0 Å². The van der Waals surface area contributed by atoms with Crippen molar-refractivity contribution in [1.82, 2.24) is 4.31 Å². The molecule has 1 aliphatic rings. The highest BCUT2D eigenvalue weighted by Crippen LogP contribution is 2.39. The number of nitrogens with zero attached hydrogens (tertiary/aromatic N) is 1. The Hall–Kier alpha value is -0.430. The maximum absolute atomic E-state index is 12.7. The molecule has 1 fully saturated rings. The fourth-order valence-corrected chi connectivity index (χ4v) is 6.03. The monoisotopic (exact) mass is 330 g/mol. The average molecular weight is 331 g/mol. The fraction of sp³-hybridized carbons (Fsp3) is 0.733. The predicted octanol–water partition coefficient (Wildman–Crippen LogP) is 2.84. The van der Waals surface area contributed by atoms with Gasteiger partial charge in [0.25, 0.3) is 10.0 Å². The molecule has 0 bridgehead atoms. The van der Waals surface area contributed by atoms with E-state index in [4.69, 9.17) is 5.73 Å². The molecular weight excluding hydrogens is 304 g/mol. The Balaban J connectivity index is 2.10. The van der Waals surface area contributed by atoms with E-state index < -0.39 is 10.0 Å². The molecule has 4 nitrogen and oxygen atoms in total. The first-order valence-electron chi connectivity index (χ1n) is 7.76. The van der Waals surface area contributed by atoms with Gasteiger partial charge in [-0.1, -0.05) is 26.7 Å². The van der Waals surface area contributed by atoms with Gasteiger partial charge in [0.15, 0.2) is 0 Å². The molecule has 120 valence electrons. The van der Waals surface area contributed by atoms with Crippen LogP contribution >= 0.6 is 11.3 Å². The van der Waals surface area contributed by atoms with Crippen molar-refractivity contribution >= 4 is 21.4 Å². The van der Waals surface area contributed by atoms with Crippen molar-refractivity contribution in [1.29, 1.82) is 0 Å². The Morgan fingerprint density at radius 3 is 2.38 bits per heavy atom. The highest BCUT2D eigenvalue weighted by Gasteiger charge is 2.36. The lowest BCUT2D eigenvalue weighted by molar-refractivity contribution is 0.142. The standard InChI is InChI=1S/C15H26N2O2S2/c1-3-15(4-2)8-11-17(12-9-15)21(18,19)14-6-5-13(20-14)7-10-16/h5-6H,3-4,7-12,16H2,1-2H3. The van der Waals surface area contributed by atoms with Crippen LogP contribution in [0, 0.1) is 5.41 Å². The van der Waals surface area contributed by atoms with Crippen LogP contribution in [-0.2, 0) is 16.4 Å². The Kier molecular flexibility index (Phi) is 5.46. The number of hydrogen-bond acceptors (Lipinski definition) is 4. The summed E-state index contributed by atoms with van der Waals surface area (Å²) in [5, 5.41) is 0. The summed E-state index contributed by atoms with van der Waals surface area (Å²) in [4.78, 5) is 1.05. The van der Waals surface area contributed by atoms with E-state index in [1.807, 2.05) is 6.07 Å². The van der Waals surface area contributed by atoms with Crippen LogP contribution < -0.4 is 5.73 Å². The van der Waals surface area contributed by atoms with E-state index in [2.05, 4.69) is 13.8 Å². The van der Waals surface area contributed by atoms with Crippen molar-refractivity contribution in [2.75, 3.05) is 19.6 Å². The Labute approximate surface area is 132 Å². The average Bonchev–Trinajstić information content (AvgIpc) is 2.97. The number of piperidine rings is 1. The van der Waals surface area contributed by atoms with Gasteiger partial charge in [0.1, 0.15) is 4.21 Å². The van der Waals surface area contributed by atoms with Crippen molar-refractivity contribution in [3.05, 3.63) is 17.0 Å². The molecule has 0 amide bonds. The highest BCUT2D eigenvalue weighted by atomic mass is 32.2. The van der Waals surface area contributed by atoms with Crippen LogP contribution in [0.15, 0.2) is 16.3 Å². The Bertz CT molecular complexity index is 552. The van der Waals surface area contributed by atoms with Crippen LogP contribution in [0.1, 0.15) is 44.4 Å². The van der Waals surface area contributed by atoms with Gasteiger partial charge in [-0.2, -0.15) is 4.31 Å². The lowest BCUT2D eigenvalue weighted by Gasteiger charge is -2.40. The van der Waals surface area contributed by atoms with E-state index in [9.17, 15) is 8.42 Å². The zero-order chi connectivity index (χ0) is 15.5. The SMILES string of the molecule is CCC1(CC)CCN(S(=O)(=O)c2ccc(CCN)s2)CC1. The van der Waals surface area contributed by atoms with Crippen molar-refractivity contribution < 1.29 is 8.42 Å². The molecule has 0 unspecified atom stereocenters. The third-order valence-corrected chi connectivity index (χ3v) is 8.42. The van der Waals surface area contributed by atoms with Gasteiger partial charge in [0, 0.05) is 18.0 Å². The summed E-state index contributed by atoms with van der Waals surface area (Å²) in [6.07, 6.45) is 4.96. The smallest absolute Gasteiger partial charge is 0.252 e. The lowest BCUT2D eigenvalue weighted by atomic mass is 9.75. The van der Waals surface area contributed by atoms with Gasteiger partial charge < -0.3 is 5.73 Å². The van der Waals surface area contributed by atoms with Gasteiger partial charge in [-0.05, 0) is 43.4 Å². The Morgan fingerprint density at radius 1 is 1.24 bits per heavy atom. The second kappa shape index (κ2) is 6.77. The van der Waals surface area contributed by atoms with E-state index in [0.717, 1.165) is 37.0 Å². The molecule has 0 atom stereocenters. The minimum Gasteiger partial charge on any atom is -0.330 e. The molecule has 0 aliphatic carbocycles. The molecule has 6 heteroatoms. The van der Waals surface area contributed by atoms with Gasteiger partial charge in [0.05, 0.1) is 0 Å². The van der Waals surface area contributed by atoms with Crippen molar-refractivity contribution in [3.63, 3.8) is 0 Å². The molecule has 2 rings (SSSR count). The normalized spacial score (nSPS) is 19.8.